The van der Waals surface area contributed by atoms with E-state index in [4.69, 9.17) is 0 Å². The molecule has 1 N–H and O–H groups in total. The molecular formula is C10H21N. The fourth-order valence-corrected chi connectivity index (χ4v) is 1.18. The highest BCUT2D eigenvalue weighted by Crippen LogP contribution is 2.10. The average Bonchev–Trinajstić information content (AvgIpc) is 1.86. The molecule has 0 saturated heterocycles. The second kappa shape index (κ2) is 5.36. The van der Waals surface area contributed by atoms with Gasteiger partial charge in [-0.15, -0.1) is 6.58 Å². The summed E-state index contributed by atoms with van der Waals surface area (Å²) in [7, 11) is 0. The molecule has 0 saturated carbocycles. The standard InChI is InChI=1S/C10H21N/c1-6-11-10(9(4)5)7-8(2)3/h9-11H,2,6-7H2,1,3-5H3. The molecule has 0 heterocycles. The molecule has 0 spiro atoms. The molecule has 0 rings (SSSR count). The normalized spacial score (nSPS) is 13.5. The monoisotopic (exact) mass is 155 g/mol. The quantitative estimate of drug-likeness (QED) is 0.602. The second-order valence-electron chi connectivity index (χ2n) is 3.57. The molecular weight excluding hydrogens is 134 g/mol. The lowest BCUT2D eigenvalue weighted by atomic mass is 9.98. The van der Waals surface area contributed by atoms with Gasteiger partial charge in [0.1, 0.15) is 0 Å². The Labute approximate surface area is 70.9 Å². The minimum Gasteiger partial charge on any atom is -0.314 e. The van der Waals surface area contributed by atoms with E-state index in [1.807, 2.05) is 0 Å². The fourth-order valence-electron chi connectivity index (χ4n) is 1.18. The van der Waals surface area contributed by atoms with Gasteiger partial charge in [0.05, 0.1) is 0 Å². The van der Waals surface area contributed by atoms with Crippen molar-refractivity contribution >= 4 is 0 Å². The van der Waals surface area contributed by atoms with E-state index in [1.54, 1.807) is 0 Å². The minimum atomic E-state index is 0.609. The SMILES string of the molecule is C=C(C)CC(NCC)C(C)C. The summed E-state index contributed by atoms with van der Waals surface area (Å²) in [6.45, 7) is 13.7. The third-order valence-corrected chi connectivity index (χ3v) is 1.84. The molecule has 0 aliphatic carbocycles. The Morgan fingerprint density at radius 2 is 2.00 bits per heavy atom. The van der Waals surface area contributed by atoms with Crippen molar-refractivity contribution in [3.8, 4) is 0 Å². The van der Waals surface area contributed by atoms with Crippen molar-refractivity contribution in [3.05, 3.63) is 12.2 Å². The van der Waals surface area contributed by atoms with E-state index in [2.05, 4.69) is 39.6 Å². The van der Waals surface area contributed by atoms with Gasteiger partial charge in [0.15, 0.2) is 0 Å². The summed E-state index contributed by atoms with van der Waals surface area (Å²) < 4.78 is 0. The predicted octanol–water partition coefficient (Wildman–Crippen LogP) is 2.59. The lowest BCUT2D eigenvalue weighted by molar-refractivity contribution is 0.405. The summed E-state index contributed by atoms with van der Waals surface area (Å²) in [5.41, 5.74) is 1.27. The molecule has 0 aromatic heterocycles. The van der Waals surface area contributed by atoms with Crippen molar-refractivity contribution in [2.45, 2.75) is 40.2 Å². The summed E-state index contributed by atoms with van der Waals surface area (Å²) in [5, 5.41) is 3.45. The van der Waals surface area contributed by atoms with Crippen molar-refractivity contribution in [2.75, 3.05) is 6.54 Å². The Kier molecular flexibility index (Phi) is 5.22. The maximum Gasteiger partial charge on any atom is 0.0127 e. The first kappa shape index (κ1) is 10.7. The summed E-state index contributed by atoms with van der Waals surface area (Å²) in [4.78, 5) is 0. The van der Waals surface area contributed by atoms with Crippen LogP contribution in [0.15, 0.2) is 12.2 Å². The second-order valence-corrected chi connectivity index (χ2v) is 3.57. The third kappa shape index (κ3) is 5.02. The van der Waals surface area contributed by atoms with Crippen LogP contribution >= 0.6 is 0 Å². The number of hydrogen-bond donors (Lipinski definition) is 1. The van der Waals surface area contributed by atoms with Gasteiger partial charge < -0.3 is 5.32 Å². The minimum absolute atomic E-state index is 0.609. The molecule has 0 aliphatic rings. The van der Waals surface area contributed by atoms with Crippen LogP contribution in [0.5, 0.6) is 0 Å². The summed E-state index contributed by atoms with van der Waals surface area (Å²) in [5.74, 6) is 0.701. The molecule has 1 atom stereocenters. The van der Waals surface area contributed by atoms with Crippen molar-refractivity contribution in [1.29, 1.82) is 0 Å². The topological polar surface area (TPSA) is 12.0 Å². The van der Waals surface area contributed by atoms with Crippen molar-refractivity contribution in [2.24, 2.45) is 5.92 Å². The zero-order valence-corrected chi connectivity index (χ0v) is 8.28. The smallest absolute Gasteiger partial charge is 0.0127 e. The highest BCUT2D eigenvalue weighted by atomic mass is 14.9. The maximum atomic E-state index is 3.92. The van der Waals surface area contributed by atoms with Crippen LogP contribution < -0.4 is 5.32 Å². The van der Waals surface area contributed by atoms with Gasteiger partial charge in [0, 0.05) is 6.04 Å². The number of nitrogens with one attached hydrogen (secondary N) is 1. The van der Waals surface area contributed by atoms with Crippen LogP contribution in [0.3, 0.4) is 0 Å². The molecule has 0 radical (unpaired) electrons. The van der Waals surface area contributed by atoms with Crippen LogP contribution in [0.2, 0.25) is 0 Å². The molecule has 0 aliphatic heterocycles. The van der Waals surface area contributed by atoms with E-state index in [0.29, 0.717) is 12.0 Å². The van der Waals surface area contributed by atoms with Gasteiger partial charge in [0.2, 0.25) is 0 Å². The highest BCUT2D eigenvalue weighted by molar-refractivity contribution is 4.93. The average molecular weight is 155 g/mol. The van der Waals surface area contributed by atoms with Crippen molar-refractivity contribution in [1.82, 2.24) is 5.32 Å². The summed E-state index contributed by atoms with van der Waals surface area (Å²) in [6, 6.07) is 0.609. The first-order valence-electron chi connectivity index (χ1n) is 4.45. The molecule has 11 heavy (non-hydrogen) atoms. The molecule has 0 aromatic rings. The Morgan fingerprint density at radius 1 is 1.45 bits per heavy atom. The molecule has 0 bridgehead atoms. The molecule has 0 amide bonds. The Balaban J connectivity index is 3.79. The first-order chi connectivity index (χ1) is 5.07. The fraction of sp³-hybridized carbons (Fsp3) is 0.800. The Bertz CT molecular complexity index is 116. The van der Waals surface area contributed by atoms with Gasteiger partial charge in [-0.25, -0.2) is 0 Å². The molecule has 1 nitrogen and oxygen atoms in total. The molecule has 1 unspecified atom stereocenters. The summed E-state index contributed by atoms with van der Waals surface area (Å²) >= 11 is 0. The molecule has 1 heteroatoms. The van der Waals surface area contributed by atoms with Crippen LogP contribution in [0.4, 0.5) is 0 Å². The predicted molar refractivity (Wildman–Crippen MR) is 51.7 cm³/mol. The van der Waals surface area contributed by atoms with Crippen molar-refractivity contribution in [3.63, 3.8) is 0 Å². The van der Waals surface area contributed by atoms with E-state index in [9.17, 15) is 0 Å². The zero-order chi connectivity index (χ0) is 8.85. The third-order valence-electron chi connectivity index (χ3n) is 1.84. The van der Waals surface area contributed by atoms with Gasteiger partial charge in [-0.3, -0.25) is 0 Å². The van der Waals surface area contributed by atoms with Crippen LogP contribution in [0.1, 0.15) is 34.1 Å². The van der Waals surface area contributed by atoms with Gasteiger partial charge in [-0.05, 0) is 25.8 Å². The molecule has 0 fully saturated rings. The van der Waals surface area contributed by atoms with Gasteiger partial charge >= 0.3 is 0 Å². The lowest BCUT2D eigenvalue weighted by Crippen LogP contribution is -2.33. The van der Waals surface area contributed by atoms with Crippen LogP contribution in [-0.4, -0.2) is 12.6 Å². The Hall–Kier alpha value is -0.300. The van der Waals surface area contributed by atoms with E-state index in [0.717, 1.165) is 13.0 Å². The first-order valence-corrected chi connectivity index (χ1v) is 4.45. The zero-order valence-electron chi connectivity index (χ0n) is 8.28. The number of hydrogen-bond acceptors (Lipinski definition) is 1. The van der Waals surface area contributed by atoms with Crippen molar-refractivity contribution < 1.29 is 0 Å². The van der Waals surface area contributed by atoms with E-state index in [1.165, 1.54) is 5.57 Å². The maximum absolute atomic E-state index is 3.92. The van der Waals surface area contributed by atoms with Crippen LogP contribution in [0, 0.1) is 5.92 Å². The van der Waals surface area contributed by atoms with Gasteiger partial charge in [0.25, 0.3) is 0 Å². The van der Waals surface area contributed by atoms with Gasteiger partial charge in [-0.2, -0.15) is 0 Å². The molecule has 66 valence electrons. The van der Waals surface area contributed by atoms with Crippen LogP contribution in [-0.2, 0) is 0 Å². The highest BCUT2D eigenvalue weighted by Gasteiger charge is 2.10. The number of rotatable bonds is 5. The van der Waals surface area contributed by atoms with E-state index >= 15 is 0 Å². The lowest BCUT2D eigenvalue weighted by Gasteiger charge is -2.21. The summed E-state index contributed by atoms with van der Waals surface area (Å²) in [6.07, 6.45) is 1.10. The molecule has 0 aromatic carbocycles. The van der Waals surface area contributed by atoms with Gasteiger partial charge in [-0.1, -0.05) is 26.3 Å². The van der Waals surface area contributed by atoms with Crippen LogP contribution in [0.25, 0.3) is 0 Å². The van der Waals surface area contributed by atoms with E-state index < -0.39 is 0 Å². The Morgan fingerprint density at radius 3 is 2.27 bits per heavy atom. The van der Waals surface area contributed by atoms with E-state index in [-0.39, 0.29) is 0 Å². The largest absolute Gasteiger partial charge is 0.314 e.